The number of ether oxygens (including phenoxy) is 2. The van der Waals surface area contributed by atoms with Crippen LogP contribution in [0.4, 0.5) is 10.5 Å². The van der Waals surface area contributed by atoms with Crippen molar-refractivity contribution in [3.05, 3.63) is 24.3 Å². The van der Waals surface area contributed by atoms with Crippen LogP contribution in [0.1, 0.15) is 0 Å². The highest BCUT2D eigenvalue weighted by Crippen LogP contribution is 2.17. The number of amides is 1. The summed E-state index contributed by atoms with van der Waals surface area (Å²) in [6.45, 7) is 0.196. The minimum atomic E-state index is -0.524. The quantitative estimate of drug-likeness (QED) is 0.766. The second-order valence-electron chi connectivity index (χ2n) is 2.64. The first-order valence-corrected chi connectivity index (χ1v) is 4.27. The number of nitrogens with one attached hydrogen (secondary N) is 1. The van der Waals surface area contributed by atoms with Gasteiger partial charge in [0.05, 0.1) is 7.11 Å². The van der Waals surface area contributed by atoms with E-state index in [4.69, 9.17) is 11.2 Å². The molecule has 0 unspecified atom stereocenters. The highest BCUT2D eigenvalue weighted by atomic mass is 16.5. The van der Waals surface area contributed by atoms with Gasteiger partial charge in [0.1, 0.15) is 12.4 Å². The Morgan fingerprint density at radius 2 is 2.40 bits per heavy atom. The summed E-state index contributed by atoms with van der Waals surface area (Å²) in [5.41, 5.74) is 0.594. The Balaban J connectivity index is 2.66. The maximum atomic E-state index is 10.9. The van der Waals surface area contributed by atoms with E-state index in [1.54, 1.807) is 24.3 Å². The fraction of sp³-hybridized carbons (Fsp3) is 0.182. The van der Waals surface area contributed by atoms with Gasteiger partial charge in [-0.05, 0) is 12.1 Å². The zero-order valence-electron chi connectivity index (χ0n) is 8.32. The van der Waals surface area contributed by atoms with E-state index in [0.717, 1.165) is 0 Å². The average molecular weight is 205 g/mol. The van der Waals surface area contributed by atoms with Crippen LogP contribution < -0.4 is 10.1 Å². The van der Waals surface area contributed by atoms with Crippen LogP contribution in [0.3, 0.4) is 0 Å². The van der Waals surface area contributed by atoms with Crippen molar-refractivity contribution in [2.45, 2.75) is 0 Å². The van der Waals surface area contributed by atoms with Crippen LogP contribution in [0.5, 0.6) is 5.75 Å². The van der Waals surface area contributed by atoms with Crippen molar-refractivity contribution in [2.75, 3.05) is 19.0 Å². The molecule has 15 heavy (non-hydrogen) atoms. The summed E-state index contributed by atoms with van der Waals surface area (Å²) in [5, 5.41) is 2.52. The van der Waals surface area contributed by atoms with Crippen molar-refractivity contribution >= 4 is 11.8 Å². The van der Waals surface area contributed by atoms with E-state index in [0.29, 0.717) is 11.4 Å². The highest BCUT2D eigenvalue weighted by Gasteiger charge is 2.01. The second-order valence-corrected chi connectivity index (χ2v) is 2.64. The molecule has 4 heteroatoms. The number of carbonyl (C=O) groups excluding carboxylic acids is 1. The monoisotopic (exact) mass is 205 g/mol. The Morgan fingerprint density at radius 1 is 1.60 bits per heavy atom. The lowest BCUT2D eigenvalue weighted by Gasteiger charge is -2.06. The lowest BCUT2D eigenvalue weighted by Crippen LogP contribution is -2.10. The summed E-state index contributed by atoms with van der Waals surface area (Å²) >= 11 is 0. The number of hydrogen-bond donors (Lipinski definition) is 1. The molecule has 0 aromatic heterocycles. The highest BCUT2D eigenvalue weighted by molar-refractivity contribution is 5.84. The average Bonchev–Trinajstić information content (AvgIpc) is 2.26. The molecule has 0 saturated carbocycles. The SMILES string of the molecule is C#CCOc1cccc(NC(=O)OC)c1. The van der Waals surface area contributed by atoms with Crippen molar-refractivity contribution in [1.82, 2.24) is 0 Å². The van der Waals surface area contributed by atoms with Crippen molar-refractivity contribution in [3.8, 4) is 18.1 Å². The Labute approximate surface area is 88.2 Å². The van der Waals surface area contributed by atoms with Gasteiger partial charge < -0.3 is 9.47 Å². The molecule has 0 saturated heterocycles. The van der Waals surface area contributed by atoms with E-state index in [1.165, 1.54) is 7.11 Å². The van der Waals surface area contributed by atoms with E-state index in [2.05, 4.69) is 16.0 Å². The smallest absolute Gasteiger partial charge is 0.411 e. The molecule has 1 rings (SSSR count). The van der Waals surface area contributed by atoms with Gasteiger partial charge in [0, 0.05) is 11.8 Å². The van der Waals surface area contributed by atoms with Crippen molar-refractivity contribution in [2.24, 2.45) is 0 Å². The standard InChI is InChI=1S/C11H11NO3/c1-3-7-15-10-6-4-5-9(8-10)12-11(13)14-2/h1,4-6,8H,7H2,2H3,(H,12,13). The molecule has 0 heterocycles. The number of methoxy groups -OCH3 is 1. The molecule has 1 aromatic carbocycles. The fourth-order valence-electron chi connectivity index (χ4n) is 0.958. The van der Waals surface area contributed by atoms with E-state index in [1.807, 2.05) is 0 Å². The van der Waals surface area contributed by atoms with Gasteiger partial charge in [0.2, 0.25) is 0 Å². The molecule has 0 bridgehead atoms. The minimum absolute atomic E-state index is 0.196. The predicted octanol–water partition coefficient (Wildman–Crippen LogP) is 1.88. The Bertz CT molecular complexity index is 382. The maximum Gasteiger partial charge on any atom is 0.411 e. The molecule has 0 fully saturated rings. The molecule has 0 spiro atoms. The van der Waals surface area contributed by atoms with E-state index in [-0.39, 0.29) is 6.61 Å². The Hall–Kier alpha value is -2.15. The van der Waals surface area contributed by atoms with Gasteiger partial charge in [-0.3, -0.25) is 5.32 Å². The number of carbonyl (C=O) groups is 1. The van der Waals surface area contributed by atoms with Gasteiger partial charge in [-0.15, -0.1) is 6.42 Å². The largest absolute Gasteiger partial charge is 0.481 e. The topological polar surface area (TPSA) is 47.6 Å². The zero-order valence-corrected chi connectivity index (χ0v) is 8.32. The lowest BCUT2D eigenvalue weighted by molar-refractivity contribution is 0.187. The van der Waals surface area contributed by atoms with Crippen LogP contribution in [0.25, 0.3) is 0 Å². The predicted molar refractivity (Wildman–Crippen MR) is 56.8 cm³/mol. The lowest BCUT2D eigenvalue weighted by atomic mass is 10.3. The third kappa shape index (κ3) is 3.61. The van der Waals surface area contributed by atoms with E-state index < -0.39 is 6.09 Å². The summed E-state index contributed by atoms with van der Waals surface area (Å²) in [4.78, 5) is 10.9. The minimum Gasteiger partial charge on any atom is -0.481 e. The van der Waals surface area contributed by atoms with Crippen molar-refractivity contribution in [3.63, 3.8) is 0 Å². The first kappa shape index (κ1) is 10.9. The molecule has 4 nitrogen and oxygen atoms in total. The van der Waals surface area contributed by atoms with Gasteiger partial charge >= 0.3 is 6.09 Å². The number of rotatable bonds is 3. The fourth-order valence-corrected chi connectivity index (χ4v) is 0.958. The van der Waals surface area contributed by atoms with Gasteiger partial charge in [0.15, 0.2) is 0 Å². The molecule has 0 radical (unpaired) electrons. The number of hydrogen-bond acceptors (Lipinski definition) is 3. The number of anilines is 1. The molecule has 0 aliphatic carbocycles. The summed E-state index contributed by atoms with van der Waals surface area (Å²) in [6, 6.07) is 6.88. The van der Waals surface area contributed by atoms with Crippen LogP contribution in [0.2, 0.25) is 0 Å². The second kappa shape index (κ2) is 5.55. The summed E-state index contributed by atoms with van der Waals surface area (Å²) < 4.78 is 9.63. The van der Waals surface area contributed by atoms with Gasteiger partial charge in [-0.25, -0.2) is 4.79 Å². The molecule has 1 amide bonds. The van der Waals surface area contributed by atoms with E-state index in [9.17, 15) is 4.79 Å². The maximum absolute atomic E-state index is 10.9. The van der Waals surface area contributed by atoms with Gasteiger partial charge in [-0.1, -0.05) is 12.0 Å². The summed E-state index contributed by atoms with van der Waals surface area (Å²) in [7, 11) is 1.30. The molecule has 0 aliphatic rings. The molecular weight excluding hydrogens is 194 g/mol. The normalized spacial score (nSPS) is 8.80. The number of terminal acetylenes is 1. The number of benzene rings is 1. The molecule has 0 aliphatic heterocycles. The molecular formula is C11H11NO3. The summed E-state index contributed by atoms with van der Waals surface area (Å²) in [5.74, 6) is 2.95. The van der Waals surface area contributed by atoms with Crippen LogP contribution in [-0.4, -0.2) is 19.8 Å². The zero-order chi connectivity index (χ0) is 11.1. The first-order valence-electron chi connectivity index (χ1n) is 4.27. The Morgan fingerprint density at radius 3 is 3.07 bits per heavy atom. The van der Waals surface area contributed by atoms with Crippen LogP contribution in [0, 0.1) is 12.3 Å². The van der Waals surface area contributed by atoms with Crippen molar-refractivity contribution < 1.29 is 14.3 Å². The van der Waals surface area contributed by atoms with Gasteiger partial charge in [-0.2, -0.15) is 0 Å². The molecule has 1 aromatic rings. The van der Waals surface area contributed by atoms with Crippen molar-refractivity contribution in [1.29, 1.82) is 0 Å². The molecule has 1 N–H and O–H groups in total. The Kier molecular flexibility index (Phi) is 4.05. The molecule has 78 valence electrons. The third-order valence-corrected chi connectivity index (χ3v) is 1.59. The van der Waals surface area contributed by atoms with Crippen LogP contribution in [-0.2, 0) is 4.74 Å². The van der Waals surface area contributed by atoms with Crippen LogP contribution >= 0.6 is 0 Å². The molecule has 0 atom stereocenters. The van der Waals surface area contributed by atoms with Crippen LogP contribution in [0.15, 0.2) is 24.3 Å². The third-order valence-electron chi connectivity index (χ3n) is 1.59. The van der Waals surface area contributed by atoms with Gasteiger partial charge in [0.25, 0.3) is 0 Å². The summed E-state index contributed by atoms with van der Waals surface area (Å²) in [6.07, 6.45) is 4.53. The van der Waals surface area contributed by atoms with E-state index >= 15 is 0 Å². The first-order chi connectivity index (χ1) is 7.26.